The lowest BCUT2D eigenvalue weighted by molar-refractivity contribution is -0.385. The molecule has 2 aromatic rings. The van der Waals surface area contributed by atoms with Crippen LogP contribution in [0.5, 0.6) is 11.5 Å². The second kappa shape index (κ2) is 8.80. The van der Waals surface area contributed by atoms with E-state index in [1.807, 2.05) is 0 Å². The van der Waals surface area contributed by atoms with Crippen LogP contribution in [0.25, 0.3) is 0 Å². The number of nitrogens with zero attached hydrogens (tertiary/aromatic N) is 1. The summed E-state index contributed by atoms with van der Waals surface area (Å²) in [5, 5.41) is 13.9. The third-order valence-corrected chi connectivity index (χ3v) is 3.66. The minimum atomic E-state index is -0.663. The summed E-state index contributed by atoms with van der Waals surface area (Å²) < 4.78 is 24.0. The van der Waals surface area contributed by atoms with E-state index in [2.05, 4.69) is 5.32 Å². The lowest BCUT2D eigenvalue weighted by Gasteiger charge is -2.12. The Morgan fingerprint density at radius 3 is 2.62 bits per heavy atom. The lowest BCUT2D eigenvalue weighted by atomic mass is 10.1. The Morgan fingerprint density at radius 2 is 2.00 bits per heavy atom. The zero-order chi connectivity index (χ0) is 19.1. The van der Waals surface area contributed by atoms with Crippen molar-refractivity contribution in [3.63, 3.8) is 0 Å². The molecule has 26 heavy (non-hydrogen) atoms. The van der Waals surface area contributed by atoms with Crippen LogP contribution in [0.1, 0.15) is 22.8 Å². The fourth-order valence-corrected chi connectivity index (χ4v) is 2.42. The zero-order valence-corrected chi connectivity index (χ0v) is 14.5. The van der Waals surface area contributed by atoms with E-state index >= 15 is 0 Å². The van der Waals surface area contributed by atoms with Gasteiger partial charge in [-0.3, -0.25) is 14.9 Å². The van der Waals surface area contributed by atoms with Crippen molar-refractivity contribution < 1.29 is 23.6 Å². The quantitative estimate of drug-likeness (QED) is 0.575. The predicted molar refractivity (Wildman–Crippen MR) is 93.3 cm³/mol. The number of rotatable bonds is 8. The molecule has 0 aliphatic rings. The second-order valence-electron chi connectivity index (χ2n) is 5.31. The third-order valence-electron chi connectivity index (χ3n) is 3.66. The number of methoxy groups -OCH3 is 1. The van der Waals surface area contributed by atoms with Crippen LogP contribution in [0.2, 0.25) is 0 Å². The van der Waals surface area contributed by atoms with Gasteiger partial charge in [0.1, 0.15) is 11.4 Å². The van der Waals surface area contributed by atoms with Gasteiger partial charge in [-0.2, -0.15) is 0 Å². The molecular formula is C18H19FN2O5. The van der Waals surface area contributed by atoms with E-state index in [4.69, 9.17) is 9.47 Å². The largest absolute Gasteiger partial charge is 0.493 e. The number of hydrogen-bond acceptors (Lipinski definition) is 5. The van der Waals surface area contributed by atoms with E-state index in [0.717, 1.165) is 6.07 Å². The molecule has 0 aliphatic heterocycles. The highest BCUT2D eigenvalue weighted by Gasteiger charge is 2.24. The van der Waals surface area contributed by atoms with Gasteiger partial charge in [-0.05, 0) is 25.0 Å². The van der Waals surface area contributed by atoms with Gasteiger partial charge in [-0.15, -0.1) is 0 Å². The van der Waals surface area contributed by atoms with E-state index < -0.39 is 16.5 Å². The smallest absolute Gasteiger partial charge is 0.286 e. The molecule has 0 saturated heterocycles. The van der Waals surface area contributed by atoms with Crippen LogP contribution in [-0.2, 0) is 6.42 Å². The van der Waals surface area contributed by atoms with E-state index in [0.29, 0.717) is 12.2 Å². The first-order chi connectivity index (χ1) is 12.5. The van der Waals surface area contributed by atoms with Crippen molar-refractivity contribution in [2.24, 2.45) is 0 Å². The topological polar surface area (TPSA) is 90.7 Å². The SMILES string of the molecule is CCOc1cc(C(=O)NCCc2ccccc2F)c([N+](=O)[O-])cc1OC. The molecule has 0 fully saturated rings. The Bertz CT molecular complexity index is 810. The van der Waals surface area contributed by atoms with Crippen molar-refractivity contribution in [2.75, 3.05) is 20.3 Å². The van der Waals surface area contributed by atoms with E-state index in [1.165, 1.54) is 19.2 Å². The Morgan fingerprint density at radius 1 is 1.27 bits per heavy atom. The summed E-state index contributed by atoms with van der Waals surface area (Å²) >= 11 is 0. The first kappa shape index (κ1) is 19.2. The number of nitrogens with one attached hydrogen (secondary N) is 1. The number of amides is 1. The second-order valence-corrected chi connectivity index (χ2v) is 5.31. The number of ether oxygens (including phenoxy) is 2. The molecule has 0 unspecified atom stereocenters. The molecule has 7 nitrogen and oxygen atoms in total. The van der Waals surface area contributed by atoms with Gasteiger partial charge < -0.3 is 14.8 Å². The highest BCUT2D eigenvalue weighted by molar-refractivity contribution is 5.99. The molecular weight excluding hydrogens is 343 g/mol. The Kier molecular flexibility index (Phi) is 6.48. The number of carbonyl (C=O) groups excluding carboxylic acids is 1. The molecule has 0 saturated carbocycles. The number of nitro benzene ring substituents is 1. The highest BCUT2D eigenvalue weighted by Crippen LogP contribution is 2.34. The van der Waals surface area contributed by atoms with E-state index in [1.54, 1.807) is 25.1 Å². The number of halogens is 1. The highest BCUT2D eigenvalue weighted by atomic mass is 19.1. The van der Waals surface area contributed by atoms with E-state index in [-0.39, 0.29) is 35.8 Å². The molecule has 2 rings (SSSR count). The number of hydrogen-bond donors (Lipinski definition) is 1. The molecule has 2 aromatic carbocycles. The van der Waals surface area contributed by atoms with Crippen LogP contribution < -0.4 is 14.8 Å². The molecule has 138 valence electrons. The zero-order valence-electron chi connectivity index (χ0n) is 14.5. The van der Waals surface area contributed by atoms with Crippen molar-refractivity contribution in [1.29, 1.82) is 0 Å². The van der Waals surface area contributed by atoms with Crippen molar-refractivity contribution in [3.8, 4) is 11.5 Å². The first-order valence-corrected chi connectivity index (χ1v) is 7.98. The Hall–Kier alpha value is -3.16. The Balaban J connectivity index is 2.19. The normalized spacial score (nSPS) is 10.3. The molecule has 8 heteroatoms. The summed E-state index contributed by atoms with van der Waals surface area (Å²) in [5.74, 6) is -0.603. The average molecular weight is 362 g/mol. The van der Waals surface area contributed by atoms with Crippen molar-refractivity contribution in [1.82, 2.24) is 5.32 Å². The minimum absolute atomic E-state index is 0.132. The molecule has 1 amide bonds. The van der Waals surface area contributed by atoms with Gasteiger partial charge in [0.05, 0.1) is 24.7 Å². The Labute approximate surface area is 149 Å². The maximum Gasteiger partial charge on any atom is 0.286 e. The molecule has 0 spiro atoms. The van der Waals surface area contributed by atoms with Crippen molar-refractivity contribution in [3.05, 3.63) is 63.5 Å². The van der Waals surface area contributed by atoms with Crippen LogP contribution in [0.3, 0.4) is 0 Å². The van der Waals surface area contributed by atoms with Crippen molar-refractivity contribution in [2.45, 2.75) is 13.3 Å². The summed E-state index contributed by atoms with van der Waals surface area (Å²) in [6.45, 7) is 2.18. The van der Waals surface area contributed by atoms with Crippen LogP contribution in [0.4, 0.5) is 10.1 Å². The molecule has 1 N–H and O–H groups in total. The maximum absolute atomic E-state index is 13.6. The standard InChI is InChI=1S/C18H19FN2O5/c1-3-26-17-10-13(15(21(23)24)11-16(17)25-2)18(22)20-9-8-12-6-4-5-7-14(12)19/h4-7,10-11H,3,8-9H2,1-2H3,(H,20,22). The molecule has 0 aliphatic carbocycles. The average Bonchev–Trinajstić information content (AvgIpc) is 2.63. The van der Waals surface area contributed by atoms with E-state index in [9.17, 15) is 19.3 Å². The number of carbonyl (C=O) groups is 1. The fraction of sp³-hybridized carbons (Fsp3) is 0.278. The first-order valence-electron chi connectivity index (χ1n) is 7.98. The fourth-order valence-electron chi connectivity index (χ4n) is 2.42. The summed E-state index contributed by atoms with van der Waals surface area (Å²) in [4.78, 5) is 23.0. The van der Waals surface area contributed by atoms with Gasteiger partial charge in [0, 0.05) is 12.6 Å². The van der Waals surface area contributed by atoms with Crippen molar-refractivity contribution >= 4 is 11.6 Å². The monoisotopic (exact) mass is 362 g/mol. The van der Waals surface area contributed by atoms with Gasteiger partial charge in [0.25, 0.3) is 11.6 Å². The molecule has 0 atom stereocenters. The lowest BCUT2D eigenvalue weighted by Crippen LogP contribution is -2.26. The van der Waals surface area contributed by atoms with Gasteiger partial charge in [-0.1, -0.05) is 18.2 Å². The molecule has 0 aromatic heterocycles. The summed E-state index contributed by atoms with van der Waals surface area (Å²) in [5.41, 5.74) is -0.0893. The number of nitro groups is 1. The number of benzene rings is 2. The minimum Gasteiger partial charge on any atom is -0.493 e. The molecule has 0 radical (unpaired) electrons. The molecule has 0 heterocycles. The summed E-state index contributed by atoms with van der Waals surface area (Å²) in [6.07, 6.45) is 0.265. The van der Waals surface area contributed by atoms with Gasteiger partial charge >= 0.3 is 0 Å². The van der Waals surface area contributed by atoms with Gasteiger partial charge in [-0.25, -0.2) is 4.39 Å². The van der Waals surface area contributed by atoms with Crippen LogP contribution in [0.15, 0.2) is 36.4 Å². The van der Waals surface area contributed by atoms with Crippen LogP contribution in [-0.4, -0.2) is 31.1 Å². The summed E-state index contributed by atoms with van der Waals surface area (Å²) in [7, 11) is 1.36. The van der Waals surface area contributed by atoms with Crippen LogP contribution >= 0.6 is 0 Å². The molecule has 0 bridgehead atoms. The maximum atomic E-state index is 13.6. The summed E-state index contributed by atoms with van der Waals surface area (Å²) in [6, 6.07) is 8.65. The van der Waals surface area contributed by atoms with Gasteiger partial charge in [0.2, 0.25) is 0 Å². The van der Waals surface area contributed by atoms with Crippen LogP contribution in [0, 0.1) is 15.9 Å². The van der Waals surface area contributed by atoms with Gasteiger partial charge in [0.15, 0.2) is 11.5 Å². The third kappa shape index (κ3) is 4.47. The predicted octanol–water partition coefficient (Wildman–Crippen LogP) is 3.11.